The lowest BCUT2D eigenvalue weighted by Crippen LogP contribution is -2.40. The quantitative estimate of drug-likeness (QED) is 0.797. The molecule has 2 aliphatic heterocycles. The Morgan fingerprint density at radius 1 is 1.07 bits per heavy atom. The molecule has 3 heterocycles. The van der Waals surface area contributed by atoms with E-state index in [4.69, 9.17) is 9.15 Å². The average Bonchev–Trinajstić information content (AvgIpc) is 3.40. The first-order valence-electron chi connectivity index (χ1n) is 9.06. The van der Waals surface area contributed by atoms with Crippen LogP contribution in [0.1, 0.15) is 28.5 Å². The molecule has 7 nitrogen and oxygen atoms in total. The number of carbonyl (C=O) groups is 1. The SMILES string of the molecule is O=C(c1cccc(S(=O)(=O)N2CCOCC2)c1)N1CCC(c2ccco2)C1. The first-order valence-corrected chi connectivity index (χ1v) is 10.5. The smallest absolute Gasteiger partial charge is 0.253 e. The van der Waals surface area contributed by atoms with Gasteiger partial charge in [0.05, 0.1) is 24.4 Å². The van der Waals surface area contributed by atoms with Gasteiger partial charge in [-0.3, -0.25) is 4.79 Å². The number of ether oxygens (including phenoxy) is 1. The van der Waals surface area contributed by atoms with Gasteiger partial charge in [-0.15, -0.1) is 0 Å². The Kier molecular flexibility index (Phi) is 5.03. The molecule has 4 rings (SSSR count). The minimum absolute atomic E-state index is 0.150. The molecule has 0 aliphatic carbocycles. The second-order valence-corrected chi connectivity index (χ2v) is 8.73. The third-order valence-corrected chi connectivity index (χ3v) is 7.00. The lowest BCUT2D eigenvalue weighted by Gasteiger charge is -2.26. The Morgan fingerprint density at radius 3 is 2.63 bits per heavy atom. The standard InChI is InChI=1S/C19H22N2O5S/c22-19(20-7-6-16(14-20)18-5-2-10-26-18)15-3-1-4-17(13-15)27(23,24)21-8-11-25-12-9-21/h1-5,10,13,16H,6-9,11-12,14H2. The Labute approximate surface area is 158 Å². The molecule has 2 aliphatic rings. The van der Waals surface area contributed by atoms with Gasteiger partial charge in [-0.25, -0.2) is 8.42 Å². The van der Waals surface area contributed by atoms with Crippen molar-refractivity contribution in [1.82, 2.24) is 9.21 Å². The average molecular weight is 390 g/mol. The summed E-state index contributed by atoms with van der Waals surface area (Å²) in [5.41, 5.74) is 0.393. The summed E-state index contributed by atoms with van der Waals surface area (Å²) >= 11 is 0. The molecule has 1 aromatic carbocycles. The van der Waals surface area contributed by atoms with Gasteiger partial charge in [-0.2, -0.15) is 4.31 Å². The highest BCUT2D eigenvalue weighted by atomic mass is 32.2. The van der Waals surface area contributed by atoms with Gasteiger partial charge in [0.15, 0.2) is 0 Å². The first-order chi connectivity index (χ1) is 13.1. The van der Waals surface area contributed by atoms with E-state index in [1.807, 2.05) is 12.1 Å². The van der Waals surface area contributed by atoms with Crippen LogP contribution in [-0.2, 0) is 14.8 Å². The molecule has 2 aromatic rings. The maximum atomic E-state index is 12.9. The number of carbonyl (C=O) groups excluding carboxylic acids is 1. The zero-order valence-corrected chi connectivity index (χ0v) is 15.7. The molecule has 8 heteroatoms. The van der Waals surface area contributed by atoms with Crippen LogP contribution in [0.25, 0.3) is 0 Å². The van der Waals surface area contributed by atoms with Crippen molar-refractivity contribution >= 4 is 15.9 Å². The van der Waals surface area contributed by atoms with Crippen molar-refractivity contribution in [2.24, 2.45) is 0 Å². The van der Waals surface area contributed by atoms with E-state index in [1.165, 1.54) is 16.4 Å². The molecule has 0 saturated carbocycles. The second-order valence-electron chi connectivity index (χ2n) is 6.80. The molecule has 1 unspecified atom stereocenters. The topological polar surface area (TPSA) is 80.1 Å². The summed E-state index contributed by atoms with van der Waals surface area (Å²) in [5, 5.41) is 0. The van der Waals surface area contributed by atoms with Gasteiger partial charge in [0.25, 0.3) is 5.91 Å². The highest BCUT2D eigenvalue weighted by Crippen LogP contribution is 2.29. The van der Waals surface area contributed by atoms with Gasteiger partial charge < -0.3 is 14.1 Å². The van der Waals surface area contributed by atoms with Crippen molar-refractivity contribution in [2.75, 3.05) is 39.4 Å². The molecule has 27 heavy (non-hydrogen) atoms. The summed E-state index contributed by atoms with van der Waals surface area (Å²) in [6.07, 6.45) is 2.48. The van der Waals surface area contributed by atoms with Crippen LogP contribution >= 0.6 is 0 Å². The van der Waals surface area contributed by atoms with Crippen LogP contribution in [0, 0.1) is 0 Å². The summed E-state index contributed by atoms with van der Waals surface area (Å²) < 4.78 is 37.7. The maximum absolute atomic E-state index is 12.9. The van der Waals surface area contributed by atoms with Crippen LogP contribution in [0.15, 0.2) is 52.0 Å². The minimum Gasteiger partial charge on any atom is -0.469 e. The lowest BCUT2D eigenvalue weighted by atomic mass is 10.1. The number of benzene rings is 1. The molecule has 1 atom stereocenters. The molecule has 2 fully saturated rings. The molecule has 144 valence electrons. The highest BCUT2D eigenvalue weighted by molar-refractivity contribution is 7.89. The zero-order valence-electron chi connectivity index (χ0n) is 14.9. The van der Waals surface area contributed by atoms with Crippen molar-refractivity contribution in [3.63, 3.8) is 0 Å². The van der Waals surface area contributed by atoms with Crippen LogP contribution < -0.4 is 0 Å². The molecule has 1 aromatic heterocycles. The number of morpholine rings is 1. The molecule has 0 radical (unpaired) electrons. The fourth-order valence-corrected chi connectivity index (χ4v) is 5.06. The van der Waals surface area contributed by atoms with Crippen molar-refractivity contribution in [3.05, 3.63) is 54.0 Å². The predicted molar refractivity (Wildman–Crippen MR) is 98.0 cm³/mol. The van der Waals surface area contributed by atoms with Crippen LogP contribution in [0.3, 0.4) is 0 Å². The van der Waals surface area contributed by atoms with E-state index in [-0.39, 0.29) is 16.7 Å². The van der Waals surface area contributed by atoms with E-state index in [2.05, 4.69) is 0 Å². The summed E-state index contributed by atoms with van der Waals surface area (Å²) in [4.78, 5) is 14.8. The Morgan fingerprint density at radius 2 is 1.89 bits per heavy atom. The van der Waals surface area contributed by atoms with Crippen molar-refractivity contribution in [2.45, 2.75) is 17.2 Å². The summed E-state index contributed by atoms with van der Waals surface area (Å²) in [6.45, 7) is 2.64. The third kappa shape index (κ3) is 3.65. The number of furan rings is 1. The molecule has 2 saturated heterocycles. The number of nitrogens with zero attached hydrogens (tertiary/aromatic N) is 2. The number of rotatable bonds is 4. The molecule has 0 spiro atoms. The van der Waals surface area contributed by atoms with Crippen LogP contribution in [0.5, 0.6) is 0 Å². The molecular weight excluding hydrogens is 368 g/mol. The van der Waals surface area contributed by atoms with Gasteiger partial charge in [0.1, 0.15) is 5.76 Å². The lowest BCUT2D eigenvalue weighted by molar-refractivity contribution is 0.0730. The van der Waals surface area contributed by atoms with Crippen molar-refractivity contribution < 1.29 is 22.4 Å². The fraction of sp³-hybridized carbons (Fsp3) is 0.421. The Balaban J connectivity index is 1.51. The molecular formula is C19H22N2O5S. The van der Waals surface area contributed by atoms with Gasteiger partial charge in [-0.1, -0.05) is 6.07 Å². The summed E-state index contributed by atoms with van der Waals surface area (Å²) in [5.74, 6) is 0.918. The summed E-state index contributed by atoms with van der Waals surface area (Å²) in [6, 6.07) is 10.1. The molecule has 0 N–H and O–H groups in total. The number of sulfonamides is 1. The number of likely N-dealkylation sites (tertiary alicyclic amines) is 1. The van der Waals surface area contributed by atoms with Crippen LogP contribution in [0.2, 0.25) is 0 Å². The number of amides is 1. The van der Waals surface area contributed by atoms with E-state index in [9.17, 15) is 13.2 Å². The van der Waals surface area contributed by atoms with Crippen LogP contribution in [-0.4, -0.2) is 62.9 Å². The van der Waals surface area contributed by atoms with Crippen molar-refractivity contribution in [3.8, 4) is 0 Å². The van der Waals surface area contributed by atoms with Gasteiger partial charge >= 0.3 is 0 Å². The number of hydrogen-bond donors (Lipinski definition) is 0. The Hall–Kier alpha value is -2.16. The van der Waals surface area contributed by atoms with E-state index in [0.717, 1.165) is 12.2 Å². The fourth-order valence-electron chi connectivity index (χ4n) is 3.61. The van der Waals surface area contributed by atoms with Gasteiger partial charge in [0.2, 0.25) is 10.0 Å². The predicted octanol–water partition coefficient (Wildman–Crippen LogP) is 1.93. The van der Waals surface area contributed by atoms with Crippen molar-refractivity contribution in [1.29, 1.82) is 0 Å². The molecule has 1 amide bonds. The first kappa shape index (κ1) is 18.2. The maximum Gasteiger partial charge on any atom is 0.253 e. The van der Waals surface area contributed by atoms with E-state index >= 15 is 0 Å². The second kappa shape index (κ2) is 7.46. The van der Waals surface area contributed by atoms with Gasteiger partial charge in [0, 0.05) is 37.7 Å². The van der Waals surface area contributed by atoms with Crippen LogP contribution in [0.4, 0.5) is 0 Å². The van der Waals surface area contributed by atoms with Gasteiger partial charge in [-0.05, 0) is 36.8 Å². The largest absolute Gasteiger partial charge is 0.469 e. The molecule has 0 bridgehead atoms. The highest BCUT2D eigenvalue weighted by Gasteiger charge is 2.31. The third-order valence-electron chi connectivity index (χ3n) is 5.11. The van der Waals surface area contributed by atoms with E-state index in [1.54, 1.807) is 23.3 Å². The zero-order chi connectivity index (χ0) is 18.9. The van der Waals surface area contributed by atoms with E-state index in [0.29, 0.717) is 45.0 Å². The monoisotopic (exact) mass is 390 g/mol. The minimum atomic E-state index is -3.62. The van der Waals surface area contributed by atoms with E-state index < -0.39 is 10.0 Å². The Bertz CT molecular complexity index is 904. The normalized spacial score (nSPS) is 21.5. The summed E-state index contributed by atoms with van der Waals surface area (Å²) in [7, 11) is -3.62. The number of hydrogen-bond acceptors (Lipinski definition) is 5.